The van der Waals surface area contributed by atoms with Crippen molar-refractivity contribution in [2.24, 2.45) is 0 Å². The lowest BCUT2D eigenvalue weighted by molar-refractivity contribution is -0.144. The van der Waals surface area contributed by atoms with Gasteiger partial charge in [0.25, 0.3) is 0 Å². The molecule has 1 unspecified atom stereocenters. The van der Waals surface area contributed by atoms with E-state index < -0.39 is 0 Å². The van der Waals surface area contributed by atoms with Crippen molar-refractivity contribution in [3.8, 4) is 0 Å². The highest BCUT2D eigenvalue weighted by atomic mass is 16.2. The van der Waals surface area contributed by atoms with E-state index >= 15 is 0 Å². The molecule has 29 heavy (non-hydrogen) atoms. The SMILES string of the molecule is O=C(C1CCCN1C(=O)Cc1ccccc1)N1CCN(Cc2ccncc2)CC1. The molecule has 2 amide bonds. The van der Waals surface area contributed by atoms with Crippen LogP contribution in [-0.2, 0) is 22.6 Å². The normalized spacial score (nSPS) is 20.1. The van der Waals surface area contributed by atoms with Gasteiger partial charge in [0.1, 0.15) is 6.04 Å². The predicted octanol–water partition coefficient (Wildman–Crippen LogP) is 1.96. The highest BCUT2D eigenvalue weighted by Crippen LogP contribution is 2.22. The molecule has 0 spiro atoms. The average molecular weight is 393 g/mol. The Kier molecular flexibility index (Phi) is 6.20. The first-order chi connectivity index (χ1) is 14.2. The fraction of sp³-hybridized carbons (Fsp3) is 0.435. The molecule has 3 heterocycles. The maximum Gasteiger partial charge on any atom is 0.245 e. The lowest BCUT2D eigenvalue weighted by atomic mass is 10.1. The Labute approximate surface area is 172 Å². The van der Waals surface area contributed by atoms with Crippen molar-refractivity contribution >= 4 is 11.8 Å². The topological polar surface area (TPSA) is 56.8 Å². The van der Waals surface area contributed by atoms with Gasteiger partial charge in [-0.1, -0.05) is 30.3 Å². The average Bonchev–Trinajstić information content (AvgIpc) is 3.25. The first-order valence-corrected chi connectivity index (χ1v) is 10.4. The monoisotopic (exact) mass is 392 g/mol. The van der Waals surface area contributed by atoms with E-state index in [-0.39, 0.29) is 17.9 Å². The van der Waals surface area contributed by atoms with Gasteiger partial charge < -0.3 is 9.80 Å². The number of likely N-dealkylation sites (tertiary alicyclic amines) is 1. The summed E-state index contributed by atoms with van der Waals surface area (Å²) < 4.78 is 0. The van der Waals surface area contributed by atoms with Crippen molar-refractivity contribution < 1.29 is 9.59 Å². The second-order valence-corrected chi connectivity index (χ2v) is 7.86. The van der Waals surface area contributed by atoms with Gasteiger partial charge in [0.2, 0.25) is 11.8 Å². The van der Waals surface area contributed by atoms with Gasteiger partial charge in [-0.05, 0) is 36.1 Å². The zero-order valence-electron chi connectivity index (χ0n) is 16.7. The van der Waals surface area contributed by atoms with Gasteiger partial charge >= 0.3 is 0 Å². The van der Waals surface area contributed by atoms with Crippen LogP contribution in [-0.4, -0.2) is 70.3 Å². The Morgan fingerprint density at radius 2 is 1.62 bits per heavy atom. The molecule has 1 aromatic heterocycles. The molecule has 2 fully saturated rings. The molecule has 0 saturated carbocycles. The summed E-state index contributed by atoms with van der Waals surface area (Å²) in [7, 11) is 0. The van der Waals surface area contributed by atoms with Crippen molar-refractivity contribution in [2.45, 2.75) is 31.8 Å². The summed E-state index contributed by atoms with van der Waals surface area (Å²) >= 11 is 0. The lowest BCUT2D eigenvalue weighted by Gasteiger charge is -2.37. The molecule has 152 valence electrons. The maximum absolute atomic E-state index is 13.1. The van der Waals surface area contributed by atoms with Crippen LogP contribution in [0.25, 0.3) is 0 Å². The van der Waals surface area contributed by atoms with Crippen LogP contribution in [0.15, 0.2) is 54.9 Å². The second kappa shape index (κ2) is 9.18. The lowest BCUT2D eigenvalue weighted by Crippen LogP contribution is -2.54. The summed E-state index contributed by atoms with van der Waals surface area (Å²) in [6, 6.07) is 13.5. The van der Waals surface area contributed by atoms with E-state index in [1.165, 1.54) is 5.56 Å². The van der Waals surface area contributed by atoms with Crippen LogP contribution < -0.4 is 0 Å². The van der Waals surface area contributed by atoms with E-state index in [2.05, 4.69) is 9.88 Å². The minimum absolute atomic E-state index is 0.0587. The number of carbonyl (C=O) groups excluding carboxylic acids is 2. The van der Waals surface area contributed by atoms with Crippen LogP contribution in [0.3, 0.4) is 0 Å². The van der Waals surface area contributed by atoms with Crippen molar-refractivity contribution in [3.05, 3.63) is 66.0 Å². The van der Waals surface area contributed by atoms with Crippen LogP contribution in [0.2, 0.25) is 0 Å². The second-order valence-electron chi connectivity index (χ2n) is 7.86. The van der Waals surface area contributed by atoms with E-state index in [1.807, 2.05) is 59.8 Å². The van der Waals surface area contributed by atoms with Crippen molar-refractivity contribution in [3.63, 3.8) is 0 Å². The molecule has 0 aliphatic carbocycles. The molecular formula is C23H28N4O2. The third-order valence-corrected chi connectivity index (χ3v) is 5.90. The Morgan fingerprint density at radius 3 is 2.34 bits per heavy atom. The van der Waals surface area contributed by atoms with E-state index in [9.17, 15) is 9.59 Å². The van der Waals surface area contributed by atoms with E-state index in [1.54, 1.807) is 4.90 Å². The maximum atomic E-state index is 13.1. The van der Waals surface area contributed by atoms with Gasteiger partial charge in [-0.3, -0.25) is 19.5 Å². The number of nitrogens with zero attached hydrogens (tertiary/aromatic N) is 4. The highest BCUT2D eigenvalue weighted by Gasteiger charge is 2.37. The van der Waals surface area contributed by atoms with Gasteiger partial charge in [0.05, 0.1) is 6.42 Å². The van der Waals surface area contributed by atoms with Crippen LogP contribution in [0, 0.1) is 0 Å². The molecule has 0 radical (unpaired) electrons. The van der Waals surface area contributed by atoms with Gasteiger partial charge in [0.15, 0.2) is 0 Å². The fourth-order valence-corrected chi connectivity index (χ4v) is 4.28. The number of rotatable bonds is 5. The molecular weight excluding hydrogens is 364 g/mol. The molecule has 0 N–H and O–H groups in total. The molecule has 2 aromatic rings. The summed E-state index contributed by atoms with van der Waals surface area (Å²) in [5, 5.41) is 0. The Balaban J connectivity index is 1.31. The number of piperazine rings is 1. The van der Waals surface area contributed by atoms with Gasteiger partial charge in [-0.2, -0.15) is 0 Å². The predicted molar refractivity (Wildman–Crippen MR) is 111 cm³/mol. The minimum Gasteiger partial charge on any atom is -0.338 e. The van der Waals surface area contributed by atoms with E-state index in [4.69, 9.17) is 0 Å². The quantitative estimate of drug-likeness (QED) is 0.781. The third-order valence-electron chi connectivity index (χ3n) is 5.90. The number of pyridine rings is 1. The minimum atomic E-state index is -0.294. The summed E-state index contributed by atoms with van der Waals surface area (Å²) in [4.78, 5) is 36.1. The largest absolute Gasteiger partial charge is 0.338 e. The van der Waals surface area contributed by atoms with Crippen LogP contribution in [0.4, 0.5) is 0 Å². The fourth-order valence-electron chi connectivity index (χ4n) is 4.28. The smallest absolute Gasteiger partial charge is 0.245 e. The van der Waals surface area contributed by atoms with Crippen molar-refractivity contribution in [1.29, 1.82) is 0 Å². The van der Waals surface area contributed by atoms with Gasteiger partial charge in [-0.25, -0.2) is 0 Å². The highest BCUT2D eigenvalue weighted by molar-refractivity contribution is 5.89. The molecule has 2 saturated heterocycles. The number of benzene rings is 1. The van der Waals surface area contributed by atoms with Crippen LogP contribution >= 0.6 is 0 Å². The Bertz CT molecular complexity index is 819. The zero-order valence-corrected chi connectivity index (χ0v) is 16.7. The first kappa shape index (κ1) is 19.6. The Hall–Kier alpha value is -2.73. The molecule has 4 rings (SSSR count). The number of hydrogen-bond donors (Lipinski definition) is 0. The number of carbonyl (C=O) groups is 2. The Morgan fingerprint density at radius 1 is 0.897 bits per heavy atom. The molecule has 0 bridgehead atoms. The molecule has 1 atom stereocenters. The van der Waals surface area contributed by atoms with Crippen LogP contribution in [0.5, 0.6) is 0 Å². The molecule has 1 aromatic carbocycles. The number of hydrogen-bond acceptors (Lipinski definition) is 4. The van der Waals surface area contributed by atoms with Gasteiger partial charge in [-0.15, -0.1) is 0 Å². The summed E-state index contributed by atoms with van der Waals surface area (Å²) in [6.07, 6.45) is 5.67. The standard InChI is InChI=1S/C23H28N4O2/c28-22(17-19-5-2-1-3-6-19)27-12-4-7-21(27)23(29)26-15-13-25(14-16-26)18-20-8-10-24-11-9-20/h1-3,5-6,8-11,21H,4,7,12-18H2. The number of amides is 2. The van der Waals surface area contributed by atoms with E-state index in [0.717, 1.165) is 51.1 Å². The third kappa shape index (κ3) is 4.82. The van der Waals surface area contributed by atoms with Gasteiger partial charge in [0, 0.05) is 51.7 Å². The number of aromatic nitrogens is 1. The van der Waals surface area contributed by atoms with Crippen molar-refractivity contribution in [2.75, 3.05) is 32.7 Å². The molecule has 2 aliphatic rings. The molecule has 6 nitrogen and oxygen atoms in total. The summed E-state index contributed by atoms with van der Waals surface area (Å²) in [5.41, 5.74) is 2.24. The van der Waals surface area contributed by atoms with E-state index in [0.29, 0.717) is 13.0 Å². The van der Waals surface area contributed by atoms with Crippen LogP contribution in [0.1, 0.15) is 24.0 Å². The first-order valence-electron chi connectivity index (χ1n) is 10.4. The summed E-state index contributed by atoms with van der Waals surface area (Å²) in [6.45, 7) is 4.74. The molecule has 6 heteroatoms. The summed E-state index contributed by atoms with van der Waals surface area (Å²) in [5.74, 6) is 0.177. The molecule has 2 aliphatic heterocycles. The zero-order chi connectivity index (χ0) is 20.1. The van der Waals surface area contributed by atoms with Crippen molar-refractivity contribution in [1.82, 2.24) is 19.7 Å².